The lowest BCUT2D eigenvalue weighted by Crippen LogP contribution is -2.48. The second kappa shape index (κ2) is 14.5. The number of ether oxygens (including phenoxy) is 4. The van der Waals surface area contributed by atoms with Crippen molar-refractivity contribution in [1.29, 1.82) is 0 Å². The fourth-order valence-corrected chi connectivity index (χ4v) is 4.85. The van der Waals surface area contributed by atoms with E-state index in [1.54, 1.807) is 69.3 Å². The summed E-state index contributed by atoms with van der Waals surface area (Å²) in [6.45, 7) is 5.48. The molecule has 0 aromatic heterocycles. The fourth-order valence-electron chi connectivity index (χ4n) is 4.85. The number of carbonyl (C=O) groups excluding carboxylic acids is 2. The van der Waals surface area contributed by atoms with Crippen LogP contribution in [0.5, 0.6) is 11.5 Å². The molecule has 3 aromatic carbocycles. The molecular formula is C34H38F2N2O7. The first-order valence-electron chi connectivity index (χ1n) is 14.6. The van der Waals surface area contributed by atoms with Gasteiger partial charge in [0.15, 0.2) is 23.3 Å². The number of nitrogens with zero attached hydrogens (tertiary/aromatic N) is 1. The summed E-state index contributed by atoms with van der Waals surface area (Å²) in [6.07, 6.45) is -0.747. The number of carbonyl (C=O) groups is 2. The lowest BCUT2D eigenvalue weighted by Gasteiger charge is -2.31. The van der Waals surface area contributed by atoms with E-state index in [2.05, 4.69) is 5.32 Å². The molecule has 1 aliphatic heterocycles. The minimum absolute atomic E-state index is 0.0118. The highest BCUT2D eigenvalue weighted by Gasteiger charge is 2.53. The summed E-state index contributed by atoms with van der Waals surface area (Å²) < 4.78 is 50.5. The van der Waals surface area contributed by atoms with Crippen LogP contribution in [0.3, 0.4) is 0 Å². The Morgan fingerprint density at radius 3 is 2.44 bits per heavy atom. The summed E-state index contributed by atoms with van der Waals surface area (Å²) in [4.78, 5) is 32.0. The highest BCUT2D eigenvalue weighted by atomic mass is 19.2. The van der Waals surface area contributed by atoms with Crippen molar-refractivity contribution < 1.29 is 42.4 Å². The van der Waals surface area contributed by atoms with E-state index in [0.29, 0.717) is 41.2 Å². The Bertz CT molecular complexity index is 1520. The summed E-state index contributed by atoms with van der Waals surface area (Å²) in [6, 6.07) is 17.3. The van der Waals surface area contributed by atoms with Crippen molar-refractivity contribution in [2.24, 2.45) is 4.99 Å². The molecule has 1 aliphatic rings. The first-order valence-corrected chi connectivity index (χ1v) is 14.6. The molecule has 0 saturated heterocycles. The number of hydrogen-bond donors (Lipinski definition) is 2. The lowest BCUT2D eigenvalue weighted by molar-refractivity contribution is -0.155. The third-order valence-corrected chi connectivity index (χ3v) is 6.99. The summed E-state index contributed by atoms with van der Waals surface area (Å²) in [5, 5.41) is 11.8. The van der Waals surface area contributed by atoms with Crippen molar-refractivity contribution in [2.45, 2.75) is 63.8 Å². The van der Waals surface area contributed by atoms with Gasteiger partial charge in [0.25, 0.3) is 5.91 Å². The van der Waals surface area contributed by atoms with Crippen molar-refractivity contribution in [3.8, 4) is 11.5 Å². The number of aliphatic hydroxyl groups is 1. The minimum atomic E-state index is -1.66. The Balaban J connectivity index is 1.74. The third kappa shape index (κ3) is 8.57. The van der Waals surface area contributed by atoms with Crippen LogP contribution in [0.2, 0.25) is 0 Å². The second-order valence-electron chi connectivity index (χ2n) is 11.6. The van der Waals surface area contributed by atoms with Crippen LogP contribution in [0.4, 0.5) is 8.78 Å². The molecule has 1 heterocycles. The van der Waals surface area contributed by atoms with Crippen LogP contribution in [0.15, 0.2) is 71.7 Å². The first kappa shape index (κ1) is 33.4. The number of amides is 1. The van der Waals surface area contributed by atoms with Gasteiger partial charge in [0.2, 0.25) is 5.90 Å². The van der Waals surface area contributed by atoms with Gasteiger partial charge in [0.05, 0.1) is 13.7 Å². The molecule has 2 N–H and O–H groups in total. The molecule has 4 rings (SSSR count). The molecule has 11 heteroatoms. The van der Waals surface area contributed by atoms with Gasteiger partial charge in [-0.15, -0.1) is 0 Å². The summed E-state index contributed by atoms with van der Waals surface area (Å²) in [5.74, 6) is -1.87. The predicted molar refractivity (Wildman–Crippen MR) is 163 cm³/mol. The van der Waals surface area contributed by atoms with Gasteiger partial charge in [-0.25, -0.2) is 13.8 Å². The van der Waals surface area contributed by atoms with Crippen LogP contribution in [0.1, 0.15) is 62.8 Å². The van der Waals surface area contributed by atoms with E-state index in [1.807, 2.05) is 0 Å². The van der Waals surface area contributed by atoms with Crippen LogP contribution in [0.25, 0.3) is 0 Å². The summed E-state index contributed by atoms with van der Waals surface area (Å²) in [5.41, 5.74) is -0.933. The number of esters is 1. The number of nitrogens with one attached hydrogen (secondary N) is 1. The molecule has 0 unspecified atom stereocenters. The number of methoxy groups -OCH3 is 1. The molecule has 9 nitrogen and oxygen atoms in total. The topological polar surface area (TPSA) is 116 Å². The highest BCUT2D eigenvalue weighted by molar-refractivity contribution is 6.01. The first-order chi connectivity index (χ1) is 21.4. The fraction of sp³-hybridized carbons (Fsp3) is 0.382. The minimum Gasteiger partial charge on any atom is -0.497 e. The number of hydrogen-bond acceptors (Lipinski definition) is 8. The molecule has 3 aromatic rings. The molecule has 1 amide bonds. The quantitative estimate of drug-likeness (QED) is 0.193. The molecule has 0 radical (unpaired) electrons. The van der Waals surface area contributed by atoms with Gasteiger partial charge >= 0.3 is 5.97 Å². The molecule has 0 fully saturated rings. The van der Waals surface area contributed by atoms with Crippen LogP contribution in [-0.4, -0.2) is 54.3 Å². The van der Waals surface area contributed by atoms with Crippen molar-refractivity contribution >= 4 is 17.8 Å². The van der Waals surface area contributed by atoms with Crippen molar-refractivity contribution in [1.82, 2.24) is 5.32 Å². The summed E-state index contributed by atoms with van der Waals surface area (Å²) in [7, 11) is 1.52. The van der Waals surface area contributed by atoms with Gasteiger partial charge in [0.1, 0.15) is 17.1 Å². The zero-order valence-electron chi connectivity index (χ0n) is 25.8. The summed E-state index contributed by atoms with van der Waals surface area (Å²) >= 11 is 0. The van der Waals surface area contributed by atoms with E-state index in [-0.39, 0.29) is 31.9 Å². The molecule has 0 aliphatic carbocycles. The Kier molecular flexibility index (Phi) is 10.8. The molecule has 0 bridgehead atoms. The molecule has 0 spiro atoms. The number of rotatable bonds is 13. The predicted octanol–water partition coefficient (Wildman–Crippen LogP) is 5.43. The molecule has 2 atom stereocenters. The van der Waals surface area contributed by atoms with Crippen molar-refractivity contribution in [3.05, 3.63) is 95.1 Å². The second-order valence-corrected chi connectivity index (χ2v) is 11.6. The molecule has 0 saturated carbocycles. The Morgan fingerprint density at radius 2 is 1.78 bits per heavy atom. The average molecular weight is 625 g/mol. The van der Waals surface area contributed by atoms with Gasteiger partial charge in [-0.2, -0.15) is 0 Å². The van der Waals surface area contributed by atoms with Crippen LogP contribution in [0, 0.1) is 11.6 Å². The maximum atomic E-state index is 14.2. The molecule has 240 valence electrons. The zero-order chi connectivity index (χ0) is 32.6. The number of benzene rings is 3. The molecular weight excluding hydrogens is 586 g/mol. The maximum absolute atomic E-state index is 14.2. The Labute approximate surface area is 261 Å². The largest absolute Gasteiger partial charge is 0.497 e. The molecule has 45 heavy (non-hydrogen) atoms. The van der Waals surface area contributed by atoms with E-state index >= 15 is 0 Å². The van der Waals surface area contributed by atoms with E-state index in [1.165, 1.54) is 13.2 Å². The Morgan fingerprint density at radius 1 is 1.02 bits per heavy atom. The number of halogens is 2. The smallest absolute Gasteiger partial charge is 0.306 e. The van der Waals surface area contributed by atoms with Gasteiger partial charge in [-0.1, -0.05) is 18.2 Å². The van der Waals surface area contributed by atoms with Crippen LogP contribution < -0.4 is 14.8 Å². The van der Waals surface area contributed by atoms with Gasteiger partial charge in [0, 0.05) is 31.6 Å². The van der Waals surface area contributed by atoms with E-state index in [9.17, 15) is 18.4 Å². The number of aliphatic imine (C=N–C) groups is 1. The number of aliphatic hydroxyl groups excluding tert-OH is 1. The maximum Gasteiger partial charge on any atom is 0.306 e. The van der Waals surface area contributed by atoms with Crippen LogP contribution in [-0.2, 0) is 25.6 Å². The van der Waals surface area contributed by atoms with E-state index in [0.717, 1.165) is 12.1 Å². The SMILES string of the molecule is COc1cccc([C@H]2OC(c3ccc(OCCCO)cc3)=N[C@@]2(CCC(=O)OC(C)(C)C)C(=O)NCc2ccc(F)c(F)c2)c1. The lowest BCUT2D eigenvalue weighted by atomic mass is 9.83. The third-order valence-electron chi connectivity index (χ3n) is 6.99. The van der Waals surface area contributed by atoms with E-state index in [4.69, 9.17) is 29.0 Å². The highest BCUT2D eigenvalue weighted by Crippen LogP contribution is 2.44. The van der Waals surface area contributed by atoms with Crippen molar-refractivity contribution in [2.75, 3.05) is 20.3 Å². The van der Waals surface area contributed by atoms with Crippen molar-refractivity contribution in [3.63, 3.8) is 0 Å². The van der Waals surface area contributed by atoms with E-state index < -0.39 is 40.8 Å². The van der Waals surface area contributed by atoms with Crippen LogP contribution >= 0.6 is 0 Å². The average Bonchev–Trinajstić information content (AvgIpc) is 3.41. The standard InChI is InChI=1S/C34H38F2N2O7/c1-33(2,3)45-29(40)15-16-34(32(41)37-21-22-9-14-27(35)28(36)19-22)30(24-7-5-8-26(20-24)42-4)44-31(38-34)23-10-12-25(13-11-23)43-18-6-17-39/h5,7-14,19-20,30,39H,6,15-18,21H2,1-4H3,(H,37,41)/t30-,34-/m1/s1. The zero-order valence-corrected chi connectivity index (χ0v) is 25.8. The van der Waals surface area contributed by atoms with Gasteiger partial charge in [-0.05, 0) is 86.8 Å². The normalized spacial score (nSPS) is 17.7. The van der Waals surface area contributed by atoms with Gasteiger partial charge in [-0.3, -0.25) is 9.59 Å². The Hall–Kier alpha value is -4.51. The monoisotopic (exact) mass is 624 g/mol. The van der Waals surface area contributed by atoms with Gasteiger partial charge < -0.3 is 29.4 Å².